The average Bonchev–Trinajstić information content (AvgIpc) is 2.89. The van der Waals surface area contributed by atoms with Crippen molar-refractivity contribution < 1.29 is 9.32 Å². The Balaban J connectivity index is 2.18. The molecule has 2 aromatic rings. The molecule has 0 bridgehead atoms. The highest BCUT2D eigenvalue weighted by molar-refractivity contribution is 5.96. The summed E-state index contributed by atoms with van der Waals surface area (Å²) >= 11 is 0. The third-order valence-corrected chi connectivity index (χ3v) is 3.53. The van der Waals surface area contributed by atoms with Gasteiger partial charge in [-0.3, -0.25) is 4.79 Å². The van der Waals surface area contributed by atoms with Crippen molar-refractivity contribution >= 4 is 5.91 Å². The SMILES string of the molecule is Cc1noc(C(C)C)c1C(=O)N[C@H](C)c1ccc(C#N)cc1. The van der Waals surface area contributed by atoms with Crippen molar-refractivity contribution in [2.24, 2.45) is 0 Å². The van der Waals surface area contributed by atoms with Gasteiger partial charge in [-0.2, -0.15) is 5.26 Å². The van der Waals surface area contributed by atoms with Gasteiger partial charge < -0.3 is 9.84 Å². The van der Waals surface area contributed by atoms with Crippen LogP contribution in [-0.4, -0.2) is 11.1 Å². The molecular formula is C17H19N3O2. The number of nitrogens with zero attached hydrogens (tertiary/aromatic N) is 2. The number of nitriles is 1. The van der Waals surface area contributed by atoms with E-state index in [9.17, 15) is 4.79 Å². The summed E-state index contributed by atoms with van der Waals surface area (Å²) < 4.78 is 5.25. The lowest BCUT2D eigenvalue weighted by Crippen LogP contribution is -2.27. The lowest BCUT2D eigenvalue weighted by Gasteiger charge is -2.15. The Morgan fingerprint density at radius 3 is 2.45 bits per heavy atom. The van der Waals surface area contributed by atoms with Gasteiger partial charge in [0.25, 0.3) is 5.91 Å². The largest absolute Gasteiger partial charge is 0.360 e. The molecule has 5 nitrogen and oxygen atoms in total. The van der Waals surface area contributed by atoms with Crippen LogP contribution >= 0.6 is 0 Å². The van der Waals surface area contributed by atoms with Crippen LogP contribution in [0.25, 0.3) is 0 Å². The van der Waals surface area contributed by atoms with Crippen molar-refractivity contribution in [3.8, 4) is 6.07 Å². The van der Waals surface area contributed by atoms with Crippen molar-refractivity contribution in [3.63, 3.8) is 0 Å². The minimum atomic E-state index is -0.195. The first-order chi connectivity index (χ1) is 10.4. The van der Waals surface area contributed by atoms with E-state index in [1.165, 1.54) is 0 Å². The highest BCUT2D eigenvalue weighted by Gasteiger charge is 2.23. The maximum Gasteiger partial charge on any atom is 0.257 e. The van der Waals surface area contributed by atoms with Gasteiger partial charge >= 0.3 is 0 Å². The summed E-state index contributed by atoms with van der Waals surface area (Å²) in [6, 6.07) is 9.06. The van der Waals surface area contributed by atoms with Crippen LogP contribution in [0.2, 0.25) is 0 Å². The predicted molar refractivity (Wildman–Crippen MR) is 82.4 cm³/mol. The molecule has 0 unspecified atom stereocenters. The number of amides is 1. The second-order valence-corrected chi connectivity index (χ2v) is 5.59. The normalized spacial score (nSPS) is 12.0. The van der Waals surface area contributed by atoms with Crippen LogP contribution in [-0.2, 0) is 0 Å². The van der Waals surface area contributed by atoms with E-state index in [0.717, 1.165) is 5.56 Å². The van der Waals surface area contributed by atoms with Crippen molar-refractivity contribution in [2.45, 2.75) is 39.7 Å². The van der Waals surface area contributed by atoms with E-state index in [-0.39, 0.29) is 17.9 Å². The third kappa shape index (κ3) is 3.17. The molecule has 1 atom stereocenters. The van der Waals surface area contributed by atoms with E-state index in [0.29, 0.717) is 22.6 Å². The molecule has 22 heavy (non-hydrogen) atoms. The van der Waals surface area contributed by atoms with Crippen LogP contribution in [0.1, 0.15) is 65.7 Å². The molecule has 0 aliphatic rings. The number of rotatable bonds is 4. The summed E-state index contributed by atoms with van der Waals surface area (Å²) in [5.41, 5.74) is 2.63. The van der Waals surface area contributed by atoms with Crippen molar-refractivity contribution in [2.75, 3.05) is 0 Å². The monoisotopic (exact) mass is 297 g/mol. The minimum absolute atomic E-state index is 0.0900. The van der Waals surface area contributed by atoms with Crippen molar-refractivity contribution in [3.05, 3.63) is 52.4 Å². The maximum absolute atomic E-state index is 12.5. The fourth-order valence-electron chi connectivity index (χ4n) is 2.26. The molecular weight excluding hydrogens is 278 g/mol. The van der Waals surface area contributed by atoms with E-state index in [2.05, 4.69) is 16.5 Å². The predicted octanol–water partition coefficient (Wildman–Crippen LogP) is 3.47. The van der Waals surface area contributed by atoms with Gasteiger partial charge in [-0.05, 0) is 31.5 Å². The standard InChI is InChI=1S/C17H19N3O2/c1-10(2)16-15(12(4)20-22-16)17(21)19-11(3)14-7-5-13(9-18)6-8-14/h5-8,10-11H,1-4H3,(H,19,21)/t11-/m1/s1. The number of hydrogen-bond acceptors (Lipinski definition) is 4. The summed E-state index contributed by atoms with van der Waals surface area (Å²) in [4.78, 5) is 12.5. The molecule has 2 rings (SSSR count). The zero-order valence-corrected chi connectivity index (χ0v) is 13.2. The lowest BCUT2D eigenvalue weighted by atomic mass is 10.0. The Labute approximate surface area is 129 Å². The zero-order valence-electron chi connectivity index (χ0n) is 13.2. The van der Waals surface area contributed by atoms with Crippen LogP contribution in [0.15, 0.2) is 28.8 Å². The summed E-state index contributed by atoms with van der Waals surface area (Å²) in [6.07, 6.45) is 0. The molecule has 1 N–H and O–H groups in total. The number of hydrogen-bond donors (Lipinski definition) is 1. The Hall–Kier alpha value is -2.61. The molecule has 0 saturated heterocycles. The van der Waals surface area contributed by atoms with Gasteiger partial charge in [0.15, 0.2) is 5.76 Å². The van der Waals surface area contributed by atoms with Gasteiger partial charge in [0.2, 0.25) is 0 Å². The summed E-state index contributed by atoms with van der Waals surface area (Å²) in [5.74, 6) is 0.494. The molecule has 0 fully saturated rings. The van der Waals surface area contributed by atoms with E-state index in [1.54, 1.807) is 19.1 Å². The van der Waals surface area contributed by atoms with Gasteiger partial charge in [-0.25, -0.2) is 0 Å². The Morgan fingerprint density at radius 1 is 1.27 bits per heavy atom. The van der Waals surface area contributed by atoms with Crippen molar-refractivity contribution in [1.82, 2.24) is 10.5 Å². The number of benzene rings is 1. The van der Waals surface area contributed by atoms with Gasteiger partial charge in [0.05, 0.1) is 23.4 Å². The van der Waals surface area contributed by atoms with Crippen LogP contribution < -0.4 is 5.32 Å². The second-order valence-electron chi connectivity index (χ2n) is 5.59. The third-order valence-electron chi connectivity index (χ3n) is 3.53. The smallest absolute Gasteiger partial charge is 0.257 e. The number of nitrogens with one attached hydrogen (secondary N) is 1. The second kappa shape index (κ2) is 6.44. The average molecular weight is 297 g/mol. The van der Waals surface area contributed by atoms with Gasteiger partial charge in [-0.15, -0.1) is 0 Å². The molecule has 0 spiro atoms. The summed E-state index contributed by atoms with van der Waals surface area (Å²) in [7, 11) is 0. The summed E-state index contributed by atoms with van der Waals surface area (Å²) in [5, 5.41) is 15.7. The molecule has 1 amide bonds. The lowest BCUT2D eigenvalue weighted by molar-refractivity contribution is 0.0937. The highest BCUT2D eigenvalue weighted by Crippen LogP contribution is 2.23. The maximum atomic E-state index is 12.5. The van der Waals surface area contributed by atoms with Crippen LogP contribution in [0, 0.1) is 18.3 Å². The van der Waals surface area contributed by atoms with E-state index >= 15 is 0 Å². The molecule has 0 aliphatic carbocycles. The molecule has 1 heterocycles. The minimum Gasteiger partial charge on any atom is -0.360 e. The summed E-state index contributed by atoms with van der Waals surface area (Å²) in [6.45, 7) is 7.58. The molecule has 1 aromatic heterocycles. The number of aryl methyl sites for hydroxylation is 1. The molecule has 0 aliphatic heterocycles. The first kappa shape index (κ1) is 15.8. The molecule has 114 valence electrons. The van der Waals surface area contributed by atoms with Crippen molar-refractivity contribution in [1.29, 1.82) is 5.26 Å². The molecule has 5 heteroatoms. The Kier molecular flexibility index (Phi) is 4.62. The number of aromatic nitrogens is 1. The van der Waals surface area contributed by atoms with Gasteiger partial charge in [-0.1, -0.05) is 31.1 Å². The van der Waals surface area contributed by atoms with E-state index in [1.807, 2.05) is 32.9 Å². The Morgan fingerprint density at radius 2 is 1.91 bits per heavy atom. The number of carbonyl (C=O) groups is 1. The number of carbonyl (C=O) groups excluding carboxylic acids is 1. The van der Waals surface area contributed by atoms with Gasteiger partial charge in [0, 0.05) is 5.92 Å². The fourth-order valence-corrected chi connectivity index (χ4v) is 2.26. The molecule has 0 radical (unpaired) electrons. The first-order valence-corrected chi connectivity index (χ1v) is 7.21. The van der Waals surface area contributed by atoms with E-state index in [4.69, 9.17) is 9.78 Å². The quantitative estimate of drug-likeness (QED) is 0.937. The Bertz CT molecular complexity index is 708. The first-order valence-electron chi connectivity index (χ1n) is 7.21. The van der Waals surface area contributed by atoms with Crippen LogP contribution in [0.5, 0.6) is 0 Å². The molecule has 1 aromatic carbocycles. The fraction of sp³-hybridized carbons (Fsp3) is 0.353. The topological polar surface area (TPSA) is 78.9 Å². The van der Waals surface area contributed by atoms with Crippen LogP contribution in [0.4, 0.5) is 0 Å². The van der Waals surface area contributed by atoms with Crippen LogP contribution in [0.3, 0.4) is 0 Å². The molecule has 0 saturated carbocycles. The highest BCUT2D eigenvalue weighted by atomic mass is 16.5. The van der Waals surface area contributed by atoms with E-state index < -0.39 is 0 Å². The van der Waals surface area contributed by atoms with Gasteiger partial charge in [0.1, 0.15) is 5.56 Å². The zero-order chi connectivity index (χ0) is 16.3.